The summed E-state index contributed by atoms with van der Waals surface area (Å²) in [5, 5.41) is 12.9. The lowest BCUT2D eigenvalue weighted by molar-refractivity contribution is 0.0503. The topological polar surface area (TPSA) is 96.1 Å². The molecule has 2 unspecified atom stereocenters. The molecule has 0 aromatic carbocycles. The molecule has 0 bridgehead atoms. The number of aryl methyl sites for hydroxylation is 3. The van der Waals surface area contributed by atoms with Gasteiger partial charge in [0.1, 0.15) is 11.7 Å². The minimum Gasteiger partial charge on any atom is -0.472 e. The molecule has 0 saturated heterocycles. The third-order valence-corrected chi connectivity index (χ3v) is 6.66. The number of aromatic nitrogens is 5. The summed E-state index contributed by atoms with van der Waals surface area (Å²) in [4.78, 5) is 16.9. The van der Waals surface area contributed by atoms with E-state index in [-0.39, 0.29) is 12.6 Å². The van der Waals surface area contributed by atoms with Gasteiger partial charge in [0, 0.05) is 12.4 Å². The lowest BCUT2D eigenvalue weighted by Gasteiger charge is -2.21. The SMILES string of the molecule is C=Cc1nn(PI)c2c(C)nc(-c3c(C)nn(C)c3OC(C)CNC(=O)OC(C)(C)C)cc12.CC. The van der Waals surface area contributed by atoms with Gasteiger partial charge in [-0.15, -0.1) is 0 Å². The fourth-order valence-corrected chi connectivity index (χ4v) is 5.08. The molecule has 3 rings (SSSR count). The molecule has 1 amide bonds. The Kier molecular flexibility index (Phi) is 10.1. The van der Waals surface area contributed by atoms with Gasteiger partial charge in [-0.05, 0) is 75.7 Å². The van der Waals surface area contributed by atoms with E-state index in [1.165, 1.54) is 0 Å². The molecule has 9 nitrogen and oxygen atoms in total. The van der Waals surface area contributed by atoms with Crippen molar-refractivity contribution >= 4 is 51.5 Å². The molecular formula is C24H36IN6O3P. The lowest BCUT2D eigenvalue weighted by atomic mass is 10.1. The Morgan fingerprint density at radius 2 is 1.94 bits per heavy atom. The Bertz CT molecular complexity index is 1200. The third-order valence-electron chi connectivity index (χ3n) is 4.81. The summed E-state index contributed by atoms with van der Waals surface area (Å²) in [5.74, 6) is 0.584. The van der Waals surface area contributed by atoms with Gasteiger partial charge >= 0.3 is 6.09 Å². The van der Waals surface area contributed by atoms with Crippen molar-refractivity contribution in [3.05, 3.63) is 29.7 Å². The zero-order valence-corrected chi connectivity index (χ0v) is 25.1. The molecule has 0 spiro atoms. The zero-order chi connectivity index (χ0) is 26.5. The van der Waals surface area contributed by atoms with Crippen LogP contribution in [0.25, 0.3) is 28.2 Å². The van der Waals surface area contributed by atoms with E-state index in [0.717, 1.165) is 39.2 Å². The van der Waals surface area contributed by atoms with Crippen LogP contribution in [0.5, 0.6) is 5.88 Å². The summed E-state index contributed by atoms with van der Waals surface area (Å²) in [6.07, 6.45) is 1.42. The van der Waals surface area contributed by atoms with E-state index in [1.807, 2.05) is 73.0 Å². The van der Waals surface area contributed by atoms with Gasteiger partial charge in [-0.25, -0.2) is 13.9 Å². The van der Waals surface area contributed by atoms with Crippen molar-refractivity contribution in [3.63, 3.8) is 0 Å². The van der Waals surface area contributed by atoms with Gasteiger partial charge in [-0.1, -0.05) is 20.4 Å². The molecule has 0 radical (unpaired) electrons. The average molecular weight is 614 g/mol. The Labute approximate surface area is 222 Å². The molecule has 3 aromatic heterocycles. The lowest BCUT2D eigenvalue weighted by Crippen LogP contribution is -2.37. The van der Waals surface area contributed by atoms with Gasteiger partial charge in [-0.2, -0.15) is 10.2 Å². The summed E-state index contributed by atoms with van der Waals surface area (Å²) >= 11 is 2.31. The number of nitrogens with zero attached hydrogens (tertiary/aromatic N) is 5. The molecule has 2 atom stereocenters. The summed E-state index contributed by atoms with van der Waals surface area (Å²) < 4.78 is 15.2. The molecule has 0 saturated carbocycles. The summed E-state index contributed by atoms with van der Waals surface area (Å²) in [6.45, 7) is 19.5. The van der Waals surface area contributed by atoms with Crippen molar-refractivity contribution in [1.82, 2.24) is 29.6 Å². The van der Waals surface area contributed by atoms with Crippen LogP contribution in [0.2, 0.25) is 0 Å². The number of fused-ring (bicyclic) bond motifs is 1. The maximum absolute atomic E-state index is 12.0. The summed E-state index contributed by atoms with van der Waals surface area (Å²) in [7, 11) is 1.83. The van der Waals surface area contributed by atoms with E-state index in [0.29, 0.717) is 12.3 Å². The van der Waals surface area contributed by atoms with E-state index < -0.39 is 11.7 Å². The molecule has 1 N–H and O–H groups in total. The molecule has 0 aliphatic heterocycles. The maximum Gasteiger partial charge on any atom is 0.407 e. The molecule has 35 heavy (non-hydrogen) atoms. The maximum atomic E-state index is 12.0. The first-order chi connectivity index (χ1) is 16.4. The molecule has 0 aliphatic carbocycles. The number of nitrogens with one attached hydrogen (secondary N) is 1. The van der Waals surface area contributed by atoms with E-state index >= 15 is 0 Å². The van der Waals surface area contributed by atoms with Crippen LogP contribution < -0.4 is 10.1 Å². The second kappa shape index (κ2) is 12.2. The third kappa shape index (κ3) is 6.94. The van der Waals surface area contributed by atoms with E-state index in [2.05, 4.69) is 44.1 Å². The number of carbonyl (C=O) groups is 1. The first-order valence-electron chi connectivity index (χ1n) is 11.5. The molecule has 11 heteroatoms. The van der Waals surface area contributed by atoms with E-state index in [4.69, 9.17) is 14.5 Å². The van der Waals surface area contributed by atoms with E-state index in [9.17, 15) is 4.79 Å². The molecule has 0 aliphatic rings. The second-order valence-electron chi connectivity index (χ2n) is 8.78. The number of amides is 1. The monoisotopic (exact) mass is 614 g/mol. The predicted molar refractivity (Wildman–Crippen MR) is 153 cm³/mol. The highest BCUT2D eigenvalue weighted by Gasteiger charge is 2.23. The minimum absolute atomic E-state index is 0.286. The van der Waals surface area contributed by atoms with Crippen LogP contribution in [0.4, 0.5) is 4.79 Å². The van der Waals surface area contributed by atoms with Gasteiger partial charge in [0.2, 0.25) is 5.88 Å². The van der Waals surface area contributed by atoms with Gasteiger partial charge in [0.25, 0.3) is 0 Å². The van der Waals surface area contributed by atoms with Crippen LogP contribution in [0.1, 0.15) is 58.6 Å². The second-order valence-corrected chi connectivity index (χ2v) is 10.8. The smallest absolute Gasteiger partial charge is 0.407 e. The standard InChI is InChI=1S/C22H30IN6O3P.C2H6/c1-9-16-15-10-17(25-14(4)19(15)29(27-16)33-23)18-13(3)26-28(8)20(18)31-12(2)11-24-21(30)32-22(5,6)7;1-2/h9-10,12,33H,1,11H2,2-8H3,(H,24,30);1-2H3. The van der Waals surface area contributed by atoms with Crippen LogP contribution in [0.3, 0.4) is 0 Å². The van der Waals surface area contributed by atoms with Crippen LogP contribution in [0, 0.1) is 13.8 Å². The molecule has 3 aromatic rings. The van der Waals surface area contributed by atoms with Crippen molar-refractivity contribution in [2.45, 2.75) is 67.1 Å². The van der Waals surface area contributed by atoms with Crippen molar-refractivity contribution in [3.8, 4) is 17.1 Å². The highest BCUT2D eigenvalue weighted by Crippen LogP contribution is 2.37. The Morgan fingerprint density at radius 1 is 1.29 bits per heavy atom. The minimum atomic E-state index is -0.557. The van der Waals surface area contributed by atoms with Crippen LogP contribution in [-0.4, -0.2) is 48.7 Å². The Balaban J connectivity index is 0.00000210. The quantitative estimate of drug-likeness (QED) is 0.252. The van der Waals surface area contributed by atoms with Gasteiger partial charge in [0.15, 0.2) is 0 Å². The number of rotatable bonds is 7. The normalized spacial score (nSPS) is 12.4. The largest absolute Gasteiger partial charge is 0.472 e. The Hall–Kier alpha value is -2.20. The van der Waals surface area contributed by atoms with Gasteiger partial charge in [0.05, 0.1) is 46.8 Å². The Morgan fingerprint density at radius 3 is 2.51 bits per heavy atom. The number of hydrogen-bond acceptors (Lipinski definition) is 6. The predicted octanol–water partition coefficient (Wildman–Crippen LogP) is 6.20. The molecule has 0 fully saturated rings. The highest BCUT2D eigenvalue weighted by molar-refractivity contribution is 14.2. The average Bonchev–Trinajstić information content (AvgIpc) is 3.28. The number of carbonyl (C=O) groups excluding carboxylic acids is 1. The number of ether oxygens (including phenoxy) is 2. The van der Waals surface area contributed by atoms with Crippen LogP contribution in [0.15, 0.2) is 12.6 Å². The van der Waals surface area contributed by atoms with Crippen molar-refractivity contribution in [2.75, 3.05) is 6.54 Å². The first-order valence-corrected chi connectivity index (χ1v) is 15.6. The number of hydrogen-bond donors (Lipinski definition) is 1. The number of pyridine rings is 1. The molecule has 192 valence electrons. The van der Waals surface area contributed by atoms with Crippen molar-refractivity contribution in [2.24, 2.45) is 7.05 Å². The molecule has 3 heterocycles. The summed E-state index contributed by atoms with van der Waals surface area (Å²) in [6, 6.07) is 2.01. The highest BCUT2D eigenvalue weighted by atomic mass is 127. The van der Waals surface area contributed by atoms with E-state index in [1.54, 1.807) is 10.8 Å². The van der Waals surface area contributed by atoms with Crippen LogP contribution >= 0.6 is 28.4 Å². The van der Waals surface area contributed by atoms with Gasteiger partial charge < -0.3 is 14.8 Å². The fraction of sp³-hybridized carbons (Fsp3) is 0.500. The van der Waals surface area contributed by atoms with Crippen molar-refractivity contribution in [1.29, 1.82) is 0 Å². The fourth-order valence-electron chi connectivity index (χ4n) is 3.52. The van der Waals surface area contributed by atoms with Crippen LogP contribution in [-0.2, 0) is 11.8 Å². The van der Waals surface area contributed by atoms with Crippen molar-refractivity contribution < 1.29 is 14.3 Å². The first kappa shape index (κ1) is 29.0. The molecular weight excluding hydrogens is 578 g/mol. The number of alkyl carbamates (subject to hydrolysis) is 1. The number of halogens is 1. The zero-order valence-electron chi connectivity index (χ0n) is 22.0. The van der Waals surface area contributed by atoms with Gasteiger partial charge in [-0.3, -0.25) is 4.98 Å². The summed E-state index contributed by atoms with van der Waals surface area (Å²) in [5.41, 5.74) is 4.51.